The lowest BCUT2D eigenvalue weighted by Crippen LogP contribution is -2.16. The summed E-state index contributed by atoms with van der Waals surface area (Å²) in [7, 11) is 1.37. The molecule has 0 aliphatic heterocycles. The van der Waals surface area contributed by atoms with E-state index in [9.17, 15) is 9.90 Å². The largest absolute Gasteiger partial charge is 0.469 e. The first kappa shape index (κ1) is 19.7. The van der Waals surface area contributed by atoms with Gasteiger partial charge in [-0.2, -0.15) is 0 Å². The molecule has 0 radical (unpaired) electrons. The minimum absolute atomic E-state index is 0.243. The van der Waals surface area contributed by atoms with Gasteiger partial charge in [-0.3, -0.25) is 15.1 Å². The van der Waals surface area contributed by atoms with Crippen LogP contribution in [0.25, 0.3) is 0 Å². The molecule has 0 aromatic carbocycles. The first-order valence-electron chi connectivity index (χ1n) is 9.35. The highest BCUT2D eigenvalue weighted by Gasteiger charge is 2.32. The van der Waals surface area contributed by atoms with Gasteiger partial charge in [0.15, 0.2) is 0 Å². The van der Waals surface area contributed by atoms with E-state index in [-0.39, 0.29) is 18.5 Å². The Morgan fingerprint density at radius 3 is 3.08 bits per heavy atom. The monoisotopic (exact) mass is 349 g/mol. The highest BCUT2D eigenvalue weighted by molar-refractivity contribution is 5.69. The predicted molar refractivity (Wildman–Crippen MR) is 97.4 cm³/mol. The molecule has 2 aliphatic rings. The standard InChI is InChI=1S/C20H31NO4/c1-3-4-5-6-18(22)10-9-15-7-8-16-13-17(14-19(15)16)21-25-12-11-20(23)24-2/h7,9-10,14,16,18-19,21-22H,3-6,8,11-13H2,1-2H3/t16-,18?,19+/m1/s1. The Balaban J connectivity index is 1.75. The molecule has 140 valence electrons. The molecule has 2 aliphatic carbocycles. The quantitative estimate of drug-likeness (QED) is 0.340. The normalized spacial score (nSPS) is 23.3. The van der Waals surface area contributed by atoms with Crippen molar-refractivity contribution in [2.75, 3.05) is 13.7 Å². The van der Waals surface area contributed by atoms with Crippen LogP contribution in [0, 0.1) is 11.8 Å². The van der Waals surface area contributed by atoms with Crippen LogP contribution in [0.2, 0.25) is 0 Å². The van der Waals surface area contributed by atoms with Gasteiger partial charge in [-0.15, -0.1) is 0 Å². The van der Waals surface area contributed by atoms with E-state index < -0.39 is 0 Å². The minimum Gasteiger partial charge on any atom is -0.469 e. The van der Waals surface area contributed by atoms with Crippen LogP contribution in [0.15, 0.2) is 35.6 Å². The molecular formula is C20H31NO4. The molecule has 25 heavy (non-hydrogen) atoms. The molecule has 0 aromatic rings. The van der Waals surface area contributed by atoms with Gasteiger partial charge in [0.05, 0.1) is 26.2 Å². The van der Waals surface area contributed by atoms with E-state index in [1.807, 2.05) is 6.08 Å². The summed E-state index contributed by atoms with van der Waals surface area (Å²) in [6.07, 6.45) is 14.6. The van der Waals surface area contributed by atoms with Gasteiger partial charge in [0, 0.05) is 11.6 Å². The van der Waals surface area contributed by atoms with Crippen molar-refractivity contribution in [2.24, 2.45) is 11.8 Å². The molecular weight excluding hydrogens is 318 g/mol. The molecule has 0 saturated carbocycles. The molecule has 0 fully saturated rings. The van der Waals surface area contributed by atoms with Crippen LogP contribution in [0.5, 0.6) is 0 Å². The molecule has 3 atom stereocenters. The second-order valence-electron chi connectivity index (χ2n) is 6.82. The number of carbonyl (C=O) groups excluding carboxylic acids is 1. The number of nitrogens with one attached hydrogen (secondary N) is 1. The van der Waals surface area contributed by atoms with Crippen molar-refractivity contribution in [3.8, 4) is 0 Å². The lowest BCUT2D eigenvalue weighted by Gasteiger charge is -2.11. The van der Waals surface area contributed by atoms with Gasteiger partial charge in [-0.25, -0.2) is 0 Å². The number of aliphatic hydroxyl groups is 1. The van der Waals surface area contributed by atoms with E-state index >= 15 is 0 Å². The first-order valence-corrected chi connectivity index (χ1v) is 9.35. The van der Waals surface area contributed by atoms with Crippen molar-refractivity contribution in [1.29, 1.82) is 0 Å². The van der Waals surface area contributed by atoms with Crippen molar-refractivity contribution >= 4 is 5.97 Å². The lowest BCUT2D eigenvalue weighted by molar-refractivity contribution is -0.142. The lowest BCUT2D eigenvalue weighted by atomic mass is 9.94. The molecule has 5 nitrogen and oxygen atoms in total. The van der Waals surface area contributed by atoms with E-state index in [4.69, 9.17) is 4.84 Å². The molecule has 0 spiro atoms. The Morgan fingerprint density at radius 1 is 1.48 bits per heavy atom. The fourth-order valence-corrected chi connectivity index (χ4v) is 3.41. The zero-order valence-electron chi connectivity index (χ0n) is 15.4. The Kier molecular flexibility index (Phi) is 8.22. The number of hydrogen-bond donors (Lipinski definition) is 2. The van der Waals surface area contributed by atoms with E-state index in [2.05, 4.69) is 35.4 Å². The van der Waals surface area contributed by atoms with E-state index in [1.54, 1.807) is 0 Å². The Bertz CT molecular complexity index is 524. The number of methoxy groups -OCH3 is 1. The van der Waals surface area contributed by atoms with Crippen LogP contribution in [-0.4, -0.2) is 30.9 Å². The first-order chi connectivity index (χ1) is 12.1. The second-order valence-corrected chi connectivity index (χ2v) is 6.82. The van der Waals surface area contributed by atoms with E-state index in [0.717, 1.165) is 31.4 Å². The van der Waals surface area contributed by atoms with E-state index in [0.29, 0.717) is 18.4 Å². The summed E-state index contributed by atoms with van der Waals surface area (Å²) in [4.78, 5) is 16.4. The zero-order valence-corrected chi connectivity index (χ0v) is 15.4. The third-order valence-corrected chi connectivity index (χ3v) is 4.87. The number of allylic oxidation sites excluding steroid dienone is 5. The number of hydroxylamine groups is 1. The van der Waals surface area contributed by atoms with Crippen LogP contribution in [0.3, 0.4) is 0 Å². The van der Waals surface area contributed by atoms with Crippen LogP contribution in [0.4, 0.5) is 0 Å². The predicted octanol–water partition coefficient (Wildman–Crippen LogP) is 3.42. The maximum atomic E-state index is 11.0. The summed E-state index contributed by atoms with van der Waals surface area (Å²) in [6.45, 7) is 2.47. The van der Waals surface area contributed by atoms with Crippen LogP contribution < -0.4 is 5.48 Å². The van der Waals surface area contributed by atoms with E-state index in [1.165, 1.54) is 25.5 Å². The summed E-state index contributed by atoms with van der Waals surface area (Å²) >= 11 is 0. The Morgan fingerprint density at radius 2 is 2.32 bits per heavy atom. The van der Waals surface area contributed by atoms with Gasteiger partial charge in [-0.1, -0.05) is 50.5 Å². The number of unbranched alkanes of at least 4 members (excludes halogenated alkanes) is 2. The Labute approximate surface area is 150 Å². The summed E-state index contributed by atoms with van der Waals surface area (Å²) in [5.74, 6) is 0.696. The Hall–Kier alpha value is -1.59. The number of aliphatic hydroxyl groups excluding tert-OH is 1. The number of esters is 1. The zero-order chi connectivity index (χ0) is 18.1. The van der Waals surface area contributed by atoms with Crippen LogP contribution in [0.1, 0.15) is 51.9 Å². The van der Waals surface area contributed by atoms with Crippen molar-refractivity contribution in [3.63, 3.8) is 0 Å². The molecule has 2 rings (SSSR count). The highest BCUT2D eigenvalue weighted by atomic mass is 16.6. The van der Waals surface area contributed by atoms with Gasteiger partial charge < -0.3 is 9.84 Å². The fraction of sp³-hybridized carbons (Fsp3) is 0.650. The number of fused-ring (bicyclic) bond motifs is 1. The highest BCUT2D eigenvalue weighted by Crippen LogP contribution is 2.42. The molecule has 0 bridgehead atoms. The van der Waals surface area contributed by atoms with Gasteiger partial charge >= 0.3 is 5.97 Å². The summed E-state index contributed by atoms with van der Waals surface area (Å²) < 4.78 is 4.58. The number of rotatable bonds is 11. The number of hydrogen-bond acceptors (Lipinski definition) is 5. The smallest absolute Gasteiger partial charge is 0.307 e. The van der Waals surface area contributed by atoms with Crippen LogP contribution >= 0.6 is 0 Å². The number of ether oxygens (including phenoxy) is 1. The maximum absolute atomic E-state index is 11.0. The summed E-state index contributed by atoms with van der Waals surface area (Å²) in [5.41, 5.74) is 5.32. The van der Waals surface area contributed by atoms with Gasteiger partial charge in [0.25, 0.3) is 0 Å². The van der Waals surface area contributed by atoms with Crippen molar-refractivity contribution in [3.05, 3.63) is 35.6 Å². The molecule has 1 unspecified atom stereocenters. The van der Waals surface area contributed by atoms with Gasteiger partial charge in [-0.05, 0) is 30.8 Å². The third kappa shape index (κ3) is 6.33. The summed E-state index contributed by atoms with van der Waals surface area (Å²) in [5, 5.41) is 10.0. The minimum atomic E-state index is -0.351. The van der Waals surface area contributed by atoms with Crippen molar-refractivity contribution in [2.45, 2.75) is 58.0 Å². The average Bonchev–Trinajstić information content (AvgIpc) is 3.17. The number of carbonyl (C=O) groups is 1. The molecule has 0 heterocycles. The average molecular weight is 349 g/mol. The maximum Gasteiger partial charge on any atom is 0.307 e. The van der Waals surface area contributed by atoms with Crippen molar-refractivity contribution in [1.82, 2.24) is 5.48 Å². The third-order valence-electron chi connectivity index (χ3n) is 4.87. The summed E-state index contributed by atoms with van der Waals surface area (Å²) in [6, 6.07) is 0. The SMILES string of the molecule is CCCCCC(O)C=CC1=CC[C@@H]2CC(NOCCC(=O)OC)=C[C@@H]12. The molecule has 0 amide bonds. The second kappa shape index (κ2) is 10.4. The molecule has 5 heteroatoms. The molecule has 0 aromatic heterocycles. The molecule has 0 saturated heterocycles. The molecule has 2 N–H and O–H groups in total. The van der Waals surface area contributed by atoms with Gasteiger partial charge in [0.1, 0.15) is 0 Å². The van der Waals surface area contributed by atoms with Crippen molar-refractivity contribution < 1.29 is 19.5 Å². The fourth-order valence-electron chi connectivity index (χ4n) is 3.41. The van der Waals surface area contributed by atoms with Gasteiger partial charge in [0.2, 0.25) is 0 Å². The topological polar surface area (TPSA) is 67.8 Å². The van der Waals surface area contributed by atoms with Crippen LogP contribution in [-0.2, 0) is 14.4 Å².